The molecule has 1 aliphatic rings. The molecule has 0 aliphatic carbocycles. The molecular formula is C14H10Br2O2. The van der Waals surface area contributed by atoms with Crippen LogP contribution in [0.4, 0.5) is 0 Å². The number of alkyl halides is 2. The van der Waals surface area contributed by atoms with Crippen LogP contribution in [0.2, 0.25) is 0 Å². The highest BCUT2D eigenvalue weighted by molar-refractivity contribution is 9.09. The van der Waals surface area contributed by atoms with E-state index in [9.17, 15) is 0 Å². The fourth-order valence-electron chi connectivity index (χ4n) is 1.55. The van der Waals surface area contributed by atoms with Crippen LogP contribution in [0.25, 0.3) is 0 Å². The summed E-state index contributed by atoms with van der Waals surface area (Å²) in [4.78, 5) is 0. The van der Waals surface area contributed by atoms with Gasteiger partial charge in [-0.25, -0.2) is 0 Å². The molecule has 2 nitrogen and oxygen atoms in total. The second kappa shape index (κ2) is 6.73. The topological polar surface area (TPSA) is 18.5 Å². The Kier molecular flexibility index (Phi) is 4.99. The van der Waals surface area contributed by atoms with Gasteiger partial charge in [-0.3, -0.25) is 0 Å². The normalized spacial score (nSPS) is 11.9. The van der Waals surface area contributed by atoms with Gasteiger partial charge in [0.05, 0.1) is 10.7 Å². The molecule has 0 unspecified atom stereocenters. The lowest BCUT2D eigenvalue weighted by Gasteiger charge is -2.19. The van der Waals surface area contributed by atoms with Crippen LogP contribution in [0.3, 0.4) is 0 Å². The summed E-state index contributed by atoms with van der Waals surface area (Å²) in [7, 11) is 0. The highest BCUT2D eigenvalue weighted by Gasteiger charge is 2.14. The van der Waals surface area contributed by atoms with Crippen molar-refractivity contribution >= 4 is 31.9 Å². The van der Waals surface area contributed by atoms with Crippen LogP contribution >= 0.6 is 31.9 Å². The van der Waals surface area contributed by atoms with E-state index >= 15 is 0 Å². The Morgan fingerprint density at radius 3 is 1.72 bits per heavy atom. The molecule has 1 aromatic rings. The summed E-state index contributed by atoms with van der Waals surface area (Å²) in [6, 6.07) is 3.78. The van der Waals surface area contributed by atoms with Gasteiger partial charge in [-0.1, -0.05) is 55.5 Å². The molecule has 0 fully saturated rings. The third-order valence-electron chi connectivity index (χ3n) is 2.26. The molecular weight excluding hydrogens is 360 g/mol. The first-order valence-corrected chi connectivity index (χ1v) is 7.62. The number of halogens is 2. The molecule has 0 spiro atoms. The van der Waals surface area contributed by atoms with E-state index in [1.54, 1.807) is 0 Å². The summed E-state index contributed by atoms with van der Waals surface area (Å²) >= 11 is 6.57. The SMILES string of the molecule is BrCC#Cc1cc2c(cc1C#CCBr)OCCO2. The van der Waals surface area contributed by atoms with Gasteiger partial charge in [0.2, 0.25) is 0 Å². The third kappa shape index (κ3) is 3.22. The zero-order valence-electron chi connectivity index (χ0n) is 9.56. The molecule has 0 atom stereocenters. The molecule has 92 valence electrons. The second-order valence-electron chi connectivity index (χ2n) is 3.41. The zero-order valence-corrected chi connectivity index (χ0v) is 12.7. The van der Waals surface area contributed by atoms with Crippen molar-refractivity contribution in [2.75, 3.05) is 23.9 Å². The largest absolute Gasteiger partial charge is 0.486 e. The van der Waals surface area contributed by atoms with Gasteiger partial charge in [0, 0.05) is 23.3 Å². The maximum atomic E-state index is 5.54. The molecule has 0 aromatic heterocycles. The second-order valence-corrected chi connectivity index (χ2v) is 4.53. The van der Waals surface area contributed by atoms with Gasteiger partial charge in [0.1, 0.15) is 13.2 Å². The molecule has 1 aromatic carbocycles. The predicted molar refractivity (Wildman–Crippen MR) is 78.8 cm³/mol. The van der Waals surface area contributed by atoms with E-state index in [2.05, 4.69) is 55.5 Å². The van der Waals surface area contributed by atoms with E-state index in [0.29, 0.717) is 23.9 Å². The van der Waals surface area contributed by atoms with Crippen LogP contribution in [0, 0.1) is 23.7 Å². The van der Waals surface area contributed by atoms with Crippen molar-refractivity contribution in [3.63, 3.8) is 0 Å². The molecule has 4 heteroatoms. The fourth-order valence-corrected chi connectivity index (χ4v) is 1.83. The van der Waals surface area contributed by atoms with Crippen molar-refractivity contribution in [1.29, 1.82) is 0 Å². The number of ether oxygens (including phenoxy) is 2. The van der Waals surface area contributed by atoms with Crippen molar-refractivity contribution in [2.24, 2.45) is 0 Å². The average Bonchev–Trinajstić information content (AvgIpc) is 2.42. The number of hydrogen-bond donors (Lipinski definition) is 0. The van der Waals surface area contributed by atoms with Gasteiger partial charge < -0.3 is 9.47 Å². The molecule has 0 amide bonds. The monoisotopic (exact) mass is 368 g/mol. The number of hydrogen-bond acceptors (Lipinski definition) is 2. The quantitative estimate of drug-likeness (QED) is 0.517. The van der Waals surface area contributed by atoms with Crippen molar-refractivity contribution < 1.29 is 9.47 Å². The lowest BCUT2D eigenvalue weighted by atomic mass is 10.1. The van der Waals surface area contributed by atoms with Gasteiger partial charge in [-0.05, 0) is 0 Å². The number of fused-ring (bicyclic) bond motifs is 1. The predicted octanol–water partition coefficient (Wildman–Crippen LogP) is 2.95. The molecule has 2 rings (SSSR count). The van der Waals surface area contributed by atoms with E-state index in [0.717, 1.165) is 22.6 Å². The van der Waals surface area contributed by atoms with E-state index in [1.165, 1.54) is 0 Å². The Hall–Kier alpha value is -1.10. The highest BCUT2D eigenvalue weighted by atomic mass is 79.9. The molecule has 0 saturated carbocycles. The van der Waals surface area contributed by atoms with Crippen LogP contribution in [-0.2, 0) is 0 Å². The van der Waals surface area contributed by atoms with E-state index in [1.807, 2.05) is 12.1 Å². The maximum absolute atomic E-state index is 5.54. The molecule has 0 radical (unpaired) electrons. The zero-order chi connectivity index (χ0) is 12.8. The maximum Gasteiger partial charge on any atom is 0.162 e. The Morgan fingerprint density at radius 2 is 1.33 bits per heavy atom. The number of rotatable bonds is 0. The Labute approximate surface area is 123 Å². The van der Waals surface area contributed by atoms with Crippen molar-refractivity contribution in [3.05, 3.63) is 23.3 Å². The third-order valence-corrected chi connectivity index (χ3v) is 2.82. The molecule has 1 heterocycles. The van der Waals surface area contributed by atoms with Gasteiger partial charge >= 0.3 is 0 Å². The smallest absolute Gasteiger partial charge is 0.162 e. The summed E-state index contributed by atoms with van der Waals surface area (Å²) in [6.45, 7) is 1.15. The molecule has 18 heavy (non-hydrogen) atoms. The summed E-state index contributed by atoms with van der Waals surface area (Å²) < 4.78 is 11.1. The molecule has 0 saturated heterocycles. The first-order valence-electron chi connectivity index (χ1n) is 5.38. The van der Waals surface area contributed by atoms with Crippen LogP contribution in [0.1, 0.15) is 11.1 Å². The van der Waals surface area contributed by atoms with Crippen molar-refractivity contribution in [1.82, 2.24) is 0 Å². The standard InChI is InChI=1S/C14H10Br2O2/c15-5-1-3-11-9-13-14(18-8-7-17-13)10-12(11)4-2-6-16/h9-10H,5-8H2. The molecule has 1 aliphatic heterocycles. The van der Waals surface area contributed by atoms with Crippen LogP contribution in [0.5, 0.6) is 11.5 Å². The summed E-state index contributed by atoms with van der Waals surface area (Å²) in [5, 5.41) is 1.26. The van der Waals surface area contributed by atoms with Crippen LogP contribution in [-0.4, -0.2) is 23.9 Å². The average molecular weight is 370 g/mol. The first kappa shape index (κ1) is 13.3. The van der Waals surface area contributed by atoms with Crippen molar-refractivity contribution in [3.8, 4) is 35.2 Å². The van der Waals surface area contributed by atoms with Crippen molar-refractivity contribution in [2.45, 2.75) is 0 Å². The van der Waals surface area contributed by atoms with Gasteiger partial charge in [0.15, 0.2) is 11.5 Å². The minimum absolute atomic E-state index is 0.574. The van der Waals surface area contributed by atoms with E-state index in [-0.39, 0.29) is 0 Å². The lowest BCUT2D eigenvalue weighted by molar-refractivity contribution is 0.171. The minimum Gasteiger partial charge on any atom is -0.486 e. The van der Waals surface area contributed by atoms with Crippen LogP contribution < -0.4 is 9.47 Å². The fraction of sp³-hybridized carbons (Fsp3) is 0.286. The Balaban J connectivity index is 2.47. The van der Waals surface area contributed by atoms with Crippen LogP contribution in [0.15, 0.2) is 12.1 Å². The molecule has 0 N–H and O–H groups in total. The lowest BCUT2D eigenvalue weighted by Crippen LogP contribution is -2.15. The van der Waals surface area contributed by atoms with E-state index in [4.69, 9.17) is 9.47 Å². The van der Waals surface area contributed by atoms with Gasteiger partial charge in [-0.15, -0.1) is 0 Å². The minimum atomic E-state index is 0.574. The summed E-state index contributed by atoms with van der Waals surface area (Å²) in [5.74, 6) is 13.6. The molecule has 0 bridgehead atoms. The summed E-state index contributed by atoms with van der Waals surface area (Å²) in [5.41, 5.74) is 1.74. The first-order chi connectivity index (χ1) is 8.85. The Bertz CT molecular complexity index is 508. The van der Waals surface area contributed by atoms with Gasteiger partial charge in [0.25, 0.3) is 0 Å². The highest BCUT2D eigenvalue weighted by Crippen LogP contribution is 2.32. The van der Waals surface area contributed by atoms with Gasteiger partial charge in [-0.2, -0.15) is 0 Å². The van der Waals surface area contributed by atoms with E-state index < -0.39 is 0 Å². The number of benzene rings is 1. The Morgan fingerprint density at radius 1 is 0.889 bits per heavy atom. The summed E-state index contributed by atoms with van der Waals surface area (Å²) in [6.07, 6.45) is 0.